The molecule has 0 saturated carbocycles. The van der Waals surface area contributed by atoms with Crippen molar-refractivity contribution in [3.05, 3.63) is 91.0 Å². The molecule has 27 heavy (non-hydrogen) atoms. The Kier molecular flexibility index (Phi) is 17.7. The normalized spacial score (nSPS) is 9.37. The summed E-state index contributed by atoms with van der Waals surface area (Å²) in [5, 5.41) is 4.47. The predicted octanol–water partition coefficient (Wildman–Crippen LogP) is 4.65. The summed E-state index contributed by atoms with van der Waals surface area (Å²) in [4.78, 5) is 0. The molecule has 0 aliphatic heterocycles. The summed E-state index contributed by atoms with van der Waals surface area (Å²) in [6.45, 7) is 2.33. The molecule has 0 unspecified atom stereocenters. The number of hydrogen-bond acceptors (Lipinski definition) is 0. The first-order chi connectivity index (χ1) is 10.4. The fourth-order valence-corrected chi connectivity index (χ4v) is 7.79. The SMILES string of the molecule is CC[PH](c1ccccc1)(c1ccccc1)c1ccccc1.F.F.F.F.F.F. The molecule has 0 spiro atoms. The van der Waals surface area contributed by atoms with Gasteiger partial charge in [-0.2, -0.15) is 0 Å². The second-order valence-corrected chi connectivity index (χ2v) is 9.61. The van der Waals surface area contributed by atoms with Gasteiger partial charge in [0.2, 0.25) is 0 Å². The molecule has 0 fully saturated rings. The van der Waals surface area contributed by atoms with Gasteiger partial charge in [-0.15, -0.1) is 0 Å². The quantitative estimate of drug-likeness (QED) is 0.432. The van der Waals surface area contributed by atoms with E-state index in [1.165, 1.54) is 22.1 Å². The van der Waals surface area contributed by atoms with Gasteiger partial charge in [0.05, 0.1) is 0 Å². The van der Waals surface area contributed by atoms with Crippen molar-refractivity contribution < 1.29 is 28.2 Å². The van der Waals surface area contributed by atoms with Gasteiger partial charge in [0.25, 0.3) is 0 Å². The largest absolute Gasteiger partial charge is 0.269 e. The van der Waals surface area contributed by atoms with Gasteiger partial charge >= 0.3 is 127 Å². The van der Waals surface area contributed by atoms with Gasteiger partial charge in [-0.05, 0) is 0 Å². The third kappa shape index (κ3) is 6.10. The average molecular weight is 412 g/mol. The van der Waals surface area contributed by atoms with E-state index < -0.39 is 7.26 Å². The molecule has 0 aliphatic rings. The van der Waals surface area contributed by atoms with E-state index in [0.717, 1.165) is 0 Å². The van der Waals surface area contributed by atoms with Crippen molar-refractivity contribution in [3.63, 3.8) is 0 Å². The summed E-state index contributed by atoms with van der Waals surface area (Å²) in [5.74, 6) is 0. The van der Waals surface area contributed by atoms with Crippen LogP contribution in [0.3, 0.4) is 0 Å². The number of benzene rings is 3. The van der Waals surface area contributed by atoms with Gasteiger partial charge in [0.1, 0.15) is 0 Å². The van der Waals surface area contributed by atoms with Crippen LogP contribution in [0.2, 0.25) is 0 Å². The molecule has 0 saturated heterocycles. The molecule has 0 atom stereocenters. The van der Waals surface area contributed by atoms with Crippen LogP contribution in [-0.4, -0.2) is 6.16 Å². The summed E-state index contributed by atoms with van der Waals surface area (Å²) >= 11 is 0. The van der Waals surface area contributed by atoms with E-state index in [9.17, 15) is 0 Å². The van der Waals surface area contributed by atoms with Gasteiger partial charge in [-0.3, -0.25) is 28.2 Å². The molecular weight excluding hydrogens is 385 g/mol. The fourth-order valence-electron chi connectivity index (χ4n) is 3.28. The standard InChI is InChI=1S/C20H21P.6FH/c1-2-21(18-12-6-3-7-13-18,19-14-8-4-9-15-19)20-16-10-5-11-17-20;;;;;;/h3-17,21H,2H2,1H3;6*1H. The first-order valence-corrected chi connectivity index (χ1v) is 9.75. The summed E-state index contributed by atoms with van der Waals surface area (Å²) in [6.07, 6.45) is 1.17. The molecule has 0 N–H and O–H groups in total. The maximum absolute atomic E-state index is 2.33. The first kappa shape index (κ1) is 32.4. The number of halogens is 6. The monoisotopic (exact) mass is 412 g/mol. The molecule has 0 nitrogen and oxygen atoms in total. The molecule has 0 bridgehead atoms. The van der Waals surface area contributed by atoms with Crippen LogP contribution in [0.1, 0.15) is 6.92 Å². The van der Waals surface area contributed by atoms with Gasteiger partial charge in [-0.1, -0.05) is 0 Å². The first-order valence-electron chi connectivity index (χ1n) is 7.54. The zero-order valence-electron chi connectivity index (χ0n) is 14.8. The average Bonchev–Trinajstić information content (AvgIpc) is 2.59. The van der Waals surface area contributed by atoms with Crippen molar-refractivity contribution in [2.24, 2.45) is 0 Å². The van der Waals surface area contributed by atoms with Gasteiger partial charge in [0.15, 0.2) is 0 Å². The Morgan fingerprint density at radius 3 is 0.852 bits per heavy atom. The molecule has 7 heteroatoms. The van der Waals surface area contributed by atoms with E-state index in [-0.39, 0.29) is 28.2 Å². The summed E-state index contributed by atoms with van der Waals surface area (Å²) < 4.78 is 0. The topological polar surface area (TPSA) is 0 Å². The molecule has 0 aromatic heterocycles. The Morgan fingerprint density at radius 2 is 0.667 bits per heavy atom. The third-order valence-electron chi connectivity index (χ3n) is 4.33. The van der Waals surface area contributed by atoms with E-state index in [2.05, 4.69) is 97.9 Å². The number of hydrogen-bond donors (Lipinski definition) is 0. The molecule has 0 amide bonds. The molecular formula is C20H27F6P. The van der Waals surface area contributed by atoms with E-state index >= 15 is 0 Å². The van der Waals surface area contributed by atoms with Gasteiger partial charge < -0.3 is 0 Å². The molecule has 3 rings (SSSR count). The van der Waals surface area contributed by atoms with Gasteiger partial charge in [-0.25, -0.2) is 0 Å². The number of rotatable bonds is 4. The molecule has 0 heterocycles. The molecule has 154 valence electrons. The van der Waals surface area contributed by atoms with Crippen LogP contribution < -0.4 is 15.9 Å². The second-order valence-electron chi connectivity index (χ2n) is 5.36. The maximum Gasteiger partial charge on any atom is -0.269 e. The Balaban J connectivity index is -0.000000441. The van der Waals surface area contributed by atoms with E-state index in [0.29, 0.717) is 0 Å². The Hall–Kier alpha value is -2.33. The Bertz CT molecular complexity index is 599. The van der Waals surface area contributed by atoms with Crippen LogP contribution in [0.4, 0.5) is 28.2 Å². The molecule has 3 aromatic carbocycles. The zero-order valence-corrected chi connectivity index (χ0v) is 15.8. The third-order valence-corrected chi connectivity index (χ3v) is 9.35. The van der Waals surface area contributed by atoms with Crippen molar-refractivity contribution in [1.29, 1.82) is 0 Å². The Labute approximate surface area is 156 Å². The van der Waals surface area contributed by atoms with Crippen molar-refractivity contribution >= 4 is 23.2 Å². The van der Waals surface area contributed by atoms with Crippen LogP contribution in [0, 0.1) is 0 Å². The smallest absolute Gasteiger partial charge is 0.269 e. The van der Waals surface area contributed by atoms with Gasteiger partial charge in [0, 0.05) is 0 Å². The molecule has 0 aliphatic carbocycles. The molecule has 3 aromatic rings. The van der Waals surface area contributed by atoms with E-state index in [4.69, 9.17) is 0 Å². The fraction of sp³-hybridized carbons (Fsp3) is 0.100. The predicted molar refractivity (Wildman–Crippen MR) is 112 cm³/mol. The summed E-state index contributed by atoms with van der Waals surface area (Å²) in [7, 11) is -1.90. The maximum atomic E-state index is 2.33. The minimum Gasteiger partial charge on any atom is -0.269 e. The van der Waals surface area contributed by atoms with Crippen LogP contribution in [0.5, 0.6) is 0 Å². The summed E-state index contributed by atoms with van der Waals surface area (Å²) in [5.41, 5.74) is 0. The van der Waals surface area contributed by atoms with Crippen molar-refractivity contribution in [2.75, 3.05) is 6.16 Å². The minimum atomic E-state index is -1.90. The zero-order chi connectivity index (χ0) is 14.5. The van der Waals surface area contributed by atoms with Crippen molar-refractivity contribution in [1.82, 2.24) is 0 Å². The van der Waals surface area contributed by atoms with Crippen molar-refractivity contribution in [2.45, 2.75) is 6.92 Å². The van der Waals surface area contributed by atoms with E-state index in [1.54, 1.807) is 0 Å². The van der Waals surface area contributed by atoms with Crippen LogP contribution in [0.15, 0.2) is 91.0 Å². The van der Waals surface area contributed by atoms with Crippen LogP contribution in [-0.2, 0) is 0 Å². The summed E-state index contributed by atoms with van der Waals surface area (Å²) in [6, 6.07) is 33.1. The van der Waals surface area contributed by atoms with E-state index in [1.807, 2.05) is 0 Å². The molecule has 0 radical (unpaired) electrons. The van der Waals surface area contributed by atoms with Crippen molar-refractivity contribution in [3.8, 4) is 0 Å². The second kappa shape index (κ2) is 14.8. The van der Waals surface area contributed by atoms with Crippen LogP contribution in [0.25, 0.3) is 0 Å². The van der Waals surface area contributed by atoms with Crippen LogP contribution >= 0.6 is 7.26 Å². The minimum absolute atomic E-state index is 0. The Morgan fingerprint density at radius 1 is 0.444 bits per heavy atom.